The SMILES string of the molecule is Cc1noc(CCNS(=O)(=O)c2cnc(NN)nc2)n1. The molecule has 20 heavy (non-hydrogen) atoms. The van der Waals surface area contributed by atoms with Crippen LogP contribution in [0.3, 0.4) is 0 Å². The maximum absolute atomic E-state index is 11.9. The molecule has 108 valence electrons. The monoisotopic (exact) mass is 299 g/mol. The Morgan fingerprint density at radius 1 is 1.35 bits per heavy atom. The number of nitrogen functional groups attached to an aromatic ring is 1. The number of nitrogens with one attached hydrogen (secondary N) is 2. The largest absolute Gasteiger partial charge is 0.339 e. The standard InChI is InChI=1S/C9H13N7O3S/c1-6-14-8(19-16-6)2-3-13-20(17,18)7-4-11-9(15-10)12-5-7/h4-5,13H,2-3,10H2,1H3,(H,11,12,15). The van der Waals surface area contributed by atoms with Gasteiger partial charge in [-0.2, -0.15) is 4.98 Å². The third-order valence-electron chi connectivity index (χ3n) is 2.27. The number of nitrogens with zero attached hydrogens (tertiary/aromatic N) is 4. The summed E-state index contributed by atoms with van der Waals surface area (Å²) in [7, 11) is -3.68. The minimum atomic E-state index is -3.68. The van der Waals surface area contributed by atoms with Gasteiger partial charge < -0.3 is 4.52 Å². The van der Waals surface area contributed by atoms with Crippen LogP contribution in [-0.2, 0) is 16.4 Å². The quantitative estimate of drug-likeness (QED) is 0.449. The van der Waals surface area contributed by atoms with Crippen molar-refractivity contribution in [1.82, 2.24) is 24.8 Å². The molecule has 0 spiro atoms. The Hall–Kier alpha value is -2.11. The summed E-state index contributed by atoms with van der Waals surface area (Å²) < 4.78 is 31.1. The Labute approximate surface area is 114 Å². The Morgan fingerprint density at radius 2 is 2.05 bits per heavy atom. The van der Waals surface area contributed by atoms with Crippen LogP contribution in [0.2, 0.25) is 0 Å². The van der Waals surface area contributed by atoms with E-state index in [1.807, 2.05) is 0 Å². The zero-order valence-corrected chi connectivity index (χ0v) is 11.4. The summed E-state index contributed by atoms with van der Waals surface area (Å²) in [5.74, 6) is 6.09. The van der Waals surface area contributed by atoms with Crippen molar-refractivity contribution >= 4 is 16.0 Å². The Bertz CT molecular complexity index is 667. The average molecular weight is 299 g/mol. The summed E-state index contributed by atoms with van der Waals surface area (Å²) in [6.07, 6.45) is 2.60. The Balaban J connectivity index is 1.96. The molecule has 0 unspecified atom stereocenters. The van der Waals surface area contributed by atoms with E-state index < -0.39 is 10.0 Å². The normalized spacial score (nSPS) is 11.5. The van der Waals surface area contributed by atoms with Gasteiger partial charge in [-0.15, -0.1) is 0 Å². The average Bonchev–Trinajstić information content (AvgIpc) is 2.84. The maximum Gasteiger partial charge on any atom is 0.243 e. The molecule has 10 nitrogen and oxygen atoms in total. The van der Waals surface area contributed by atoms with Gasteiger partial charge in [0.05, 0.1) is 12.4 Å². The van der Waals surface area contributed by atoms with Crippen LogP contribution >= 0.6 is 0 Å². The van der Waals surface area contributed by atoms with E-state index in [9.17, 15) is 8.42 Å². The van der Waals surface area contributed by atoms with Crippen molar-refractivity contribution in [3.8, 4) is 0 Å². The highest BCUT2D eigenvalue weighted by Gasteiger charge is 2.15. The molecule has 0 fully saturated rings. The fourth-order valence-corrected chi connectivity index (χ4v) is 2.27. The van der Waals surface area contributed by atoms with Crippen LogP contribution in [0.4, 0.5) is 5.95 Å². The molecule has 0 aliphatic carbocycles. The third kappa shape index (κ3) is 3.46. The van der Waals surface area contributed by atoms with E-state index in [1.54, 1.807) is 6.92 Å². The van der Waals surface area contributed by atoms with Crippen LogP contribution in [0, 0.1) is 6.92 Å². The second kappa shape index (κ2) is 5.90. The smallest absolute Gasteiger partial charge is 0.243 e. The number of nitrogens with two attached hydrogens (primary N) is 1. The van der Waals surface area contributed by atoms with Crippen LogP contribution in [0.5, 0.6) is 0 Å². The molecule has 2 rings (SSSR count). The molecule has 2 heterocycles. The number of hydrazine groups is 1. The lowest BCUT2D eigenvalue weighted by Crippen LogP contribution is -2.26. The van der Waals surface area contributed by atoms with E-state index in [4.69, 9.17) is 10.4 Å². The first-order chi connectivity index (χ1) is 9.51. The van der Waals surface area contributed by atoms with Gasteiger partial charge in [-0.3, -0.25) is 5.43 Å². The van der Waals surface area contributed by atoms with Gasteiger partial charge in [0, 0.05) is 13.0 Å². The summed E-state index contributed by atoms with van der Waals surface area (Å²) in [5.41, 5.74) is 2.21. The van der Waals surface area contributed by atoms with Gasteiger partial charge >= 0.3 is 0 Å². The molecular formula is C9H13N7O3S. The van der Waals surface area contributed by atoms with Crippen molar-refractivity contribution in [1.29, 1.82) is 0 Å². The van der Waals surface area contributed by atoms with Crippen molar-refractivity contribution < 1.29 is 12.9 Å². The third-order valence-corrected chi connectivity index (χ3v) is 3.68. The minimum Gasteiger partial charge on any atom is -0.339 e. The highest BCUT2D eigenvalue weighted by molar-refractivity contribution is 7.89. The van der Waals surface area contributed by atoms with Gasteiger partial charge in [0.15, 0.2) is 5.82 Å². The molecule has 0 saturated carbocycles. The highest BCUT2D eigenvalue weighted by Crippen LogP contribution is 2.06. The second-order valence-corrected chi connectivity index (χ2v) is 5.54. The first kappa shape index (κ1) is 14.3. The van der Waals surface area contributed by atoms with Gasteiger partial charge in [-0.25, -0.2) is 29.0 Å². The predicted molar refractivity (Wildman–Crippen MR) is 67.8 cm³/mol. The molecule has 0 aromatic carbocycles. The summed E-state index contributed by atoms with van der Waals surface area (Å²) in [6, 6.07) is 0. The number of aromatic nitrogens is 4. The molecule has 0 atom stereocenters. The summed E-state index contributed by atoms with van der Waals surface area (Å²) in [6.45, 7) is 1.81. The lowest BCUT2D eigenvalue weighted by molar-refractivity contribution is 0.375. The molecule has 0 radical (unpaired) electrons. The fraction of sp³-hybridized carbons (Fsp3) is 0.333. The summed E-state index contributed by atoms with van der Waals surface area (Å²) in [4.78, 5) is 11.4. The fourth-order valence-electron chi connectivity index (χ4n) is 1.35. The molecule has 0 amide bonds. The van der Waals surface area contributed by atoms with Gasteiger partial charge in [0.1, 0.15) is 4.90 Å². The Kier molecular flexibility index (Phi) is 4.22. The number of anilines is 1. The highest BCUT2D eigenvalue weighted by atomic mass is 32.2. The molecule has 0 bridgehead atoms. The number of aryl methyl sites for hydroxylation is 1. The van der Waals surface area contributed by atoms with Crippen LogP contribution < -0.4 is 16.0 Å². The van der Waals surface area contributed by atoms with E-state index in [1.165, 1.54) is 0 Å². The predicted octanol–water partition coefficient (Wildman–Crippen LogP) is -1.03. The van der Waals surface area contributed by atoms with E-state index in [0.29, 0.717) is 18.1 Å². The van der Waals surface area contributed by atoms with E-state index in [0.717, 1.165) is 12.4 Å². The number of hydrogen-bond acceptors (Lipinski definition) is 9. The van der Waals surface area contributed by atoms with Crippen molar-refractivity contribution in [2.45, 2.75) is 18.2 Å². The molecule has 2 aromatic heterocycles. The second-order valence-electron chi connectivity index (χ2n) is 3.77. The molecule has 0 aliphatic heterocycles. The van der Waals surface area contributed by atoms with Crippen molar-refractivity contribution in [3.05, 3.63) is 24.1 Å². The van der Waals surface area contributed by atoms with Gasteiger partial charge in [0.25, 0.3) is 0 Å². The van der Waals surface area contributed by atoms with E-state index in [2.05, 4.69) is 30.3 Å². The van der Waals surface area contributed by atoms with Crippen molar-refractivity contribution in [2.24, 2.45) is 5.84 Å². The summed E-state index contributed by atoms with van der Waals surface area (Å²) >= 11 is 0. The molecule has 4 N–H and O–H groups in total. The lowest BCUT2D eigenvalue weighted by atomic mass is 10.4. The van der Waals surface area contributed by atoms with Gasteiger partial charge in [0.2, 0.25) is 21.9 Å². The van der Waals surface area contributed by atoms with Gasteiger partial charge in [-0.05, 0) is 6.92 Å². The van der Waals surface area contributed by atoms with Gasteiger partial charge in [-0.1, -0.05) is 5.16 Å². The molecule has 2 aromatic rings. The lowest BCUT2D eigenvalue weighted by Gasteiger charge is -2.05. The first-order valence-electron chi connectivity index (χ1n) is 5.59. The number of hydrogen-bond donors (Lipinski definition) is 3. The summed E-state index contributed by atoms with van der Waals surface area (Å²) in [5, 5.41) is 3.61. The molecule has 0 aliphatic rings. The van der Waals surface area contributed by atoms with Crippen molar-refractivity contribution in [3.63, 3.8) is 0 Å². The van der Waals surface area contributed by atoms with E-state index in [-0.39, 0.29) is 17.4 Å². The maximum atomic E-state index is 11.9. The molecule has 0 saturated heterocycles. The Morgan fingerprint density at radius 3 is 2.60 bits per heavy atom. The first-order valence-corrected chi connectivity index (χ1v) is 7.07. The molecule has 11 heteroatoms. The molecular weight excluding hydrogens is 286 g/mol. The minimum absolute atomic E-state index is 0.0572. The number of rotatable bonds is 6. The van der Waals surface area contributed by atoms with Crippen LogP contribution in [0.1, 0.15) is 11.7 Å². The van der Waals surface area contributed by atoms with Crippen molar-refractivity contribution in [2.75, 3.05) is 12.0 Å². The zero-order valence-electron chi connectivity index (χ0n) is 10.6. The topological polar surface area (TPSA) is 149 Å². The zero-order chi connectivity index (χ0) is 14.6. The van der Waals surface area contributed by atoms with Crippen LogP contribution in [0.15, 0.2) is 21.8 Å². The van der Waals surface area contributed by atoms with Crippen LogP contribution in [-0.4, -0.2) is 35.1 Å². The number of sulfonamides is 1. The van der Waals surface area contributed by atoms with Crippen LogP contribution in [0.25, 0.3) is 0 Å². The van der Waals surface area contributed by atoms with E-state index >= 15 is 0 Å².